The summed E-state index contributed by atoms with van der Waals surface area (Å²) < 4.78 is 12.5. The van der Waals surface area contributed by atoms with Crippen LogP contribution in [0, 0.1) is 0 Å². The summed E-state index contributed by atoms with van der Waals surface area (Å²) in [5.74, 6) is 1.27. The molecule has 0 aliphatic carbocycles. The van der Waals surface area contributed by atoms with Crippen LogP contribution in [0.25, 0.3) is 67.4 Å². The highest BCUT2D eigenvalue weighted by atomic mass is 32.2. The Morgan fingerprint density at radius 3 is 1.21 bits per heavy atom. The third-order valence-corrected chi connectivity index (χ3v) is 8.45. The molecule has 5 heteroatoms. The number of fused-ring (bicyclic) bond motifs is 2. The van der Waals surface area contributed by atoms with E-state index in [1.807, 2.05) is 84.9 Å². The monoisotopic (exact) mass is 572 g/mol. The fourth-order valence-corrected chi connectivity index (χ4v) is 6.12. The van der Waals surface area contributed by atoms with Gasteiger partial charge in [0.15, 0.2) is 11.2 Å². The molecule has 2 aromatic heterocycles. The largest absolute Gasteiger partial charge is 0.435 e. The molecule has 0 amide bonds. The van der Waals surface area contributed by atoms with E-state index in [9.17, 15) is 0 Å². The van der Waals surface area contributed by atoms with Gasteiger partial charge in [0.1, 0.15) is 11.0 Å². The van der Waals surface area contributed by atoms with Crippen molar-refractivity contribution >= 4 is 34.0 Å². The Kier molecular flexibility index (Phi) is 6.35. The van der Waals surface area contributed by atoms with Crippen LogP contribution in [0.4, 0.5) is 0 Å². The van der Waals surface area contributed by atoms with Gasteiger partial charge < -0.3 is 8.83 Å². The summed E-state index contributed by atoms with van der Waals surface area (Å²) in [5.41, 5.74) is 9.50. The van der Waals surface area contributed by atoms with E-state index in [0.29, 0.717) is 11.8 Å². The lowest BCUT2D eigenvalue weighted by Crippen LogP contribution is -1.81. The molecular formula is C38H24N2O2S. The average molecular weight is 573 g/mol. The molecule has 0 radical (unpaired) electrons. The Morgan fingerprint density at radius 2 is 0.791 bits per heavy atom. The lowest BCUT2D eigenvalue weighted by Gasteiger charge is -2.07. The van der Waals surface area contributed by atoms with Gasteiger partial charge in [-0.2, -0.15) is 0 Å². The number of oxazole rings is 2. The highest BCUT2D eigenvalue weighted by molar-refractivity contribution is 7.99. The fraction of sp³-hybridized carbons (Fsp3) is 0. The molecule has 0 aliphatic rings. The summed E-state index contributed by atoms with van der Waals surface area (Å²) in [6.07, 6.45) is 0. The molecule has 0 aliphatic heterocycles. The van der Waals surface area contributed by atoms with Gasteiger partial charge in [0, 0.05) is 32.0 Å². The molecule has 8 rings (SSSR count). The standard InChI is InChI=1S/C38H24N2O2S/c1-3-9-27(10-4-1)37-39-33-15-7-13-31(35(33)41-37)25-17-21-29(22-18-25)43-30-23-19-26(20-24-30)32-14-8-16-34-36(32)42-38(40-34)28-11-5-2-6-12-28/h1-24H. The summed E-state index contributed by atoms with van der Waals surface area (Å²) in [6.45, 7) is 0. The van der Waals surface area contributed by atoms with Crippen LogP contribution >= 0.6 is 11.8 Å². The number of benzene rings is 6. The van der Waals surface area contributed by atoms with Gasteiger partial charge in [-0.3, -0.25) is 0 Å². The molecule has 0 spiro atoms. The van der Waals surface area contributed by atoms with Gasteiger partial charge in [0.05, 0.1) is 0 Å². The molecule has 0 atom stereocenters. The first-order valence-electron chi connectivity index (χ1n) is 14.1. The molecule has 2 heterocycles. The minimum Gasteiger partial charge on any atom is -0.435 e. The third-order valence-electron chi connectivity index (χ3n) is 7.44. The van der Waals surface area contributed by atoms with Crippen LogP contribution in [-0.4, -0.2) is 9.97 Å². The Hall–Kier alpha value is -5.39. The zero-order valence-electron chi connectivity index (χ0n) is 23.0. The highest BCUT2D eigenvalue weighted by Gasteiger charge is 2.14. The topological polar surface area (TPSA) is 52.1 Å². The summed E-state index contributed by atoms with van der Waals surface area (Å²) in [6, 6.07) is 49.4. The van der Waals surface area contributed by atoms with Crippen LogP contribution in [0.15, 0.2) is 164 Å². The summed E-state index contributed by atoms with van der Waals surface area (Å²) in [5, 5.41) is 0. The van der Waals surface area contributed by atoms with Crippen LogP contribution in [0.3, 0.4) is 0 Å². The molecule has 6 aromatic carbocycles. The van der Waals surface area contributed by atoms with Crippen molar-refractivity contribution in [3.05, 3.63) is 146 Å². The summed E-state index contributed by atoms with van der Waals surface area (Å²) >= 11 is 1.73. The first kappa shape index (κ1) is 25.3. The molecule has 0 saturated carbocycles. The van der Waals surface area contributed by atoms with Crippen LogP contribution in [0.1, 0.15) is 0 Å². The fourth-order valence-electron chi connectivity index (χ4n) is 5.30. The van der Waals surface area contributed by atoms with Gasteiger partial charge in [0.25, 0.3) is 0 Å². The van der Waals surface area contributed by atoms with E-state index in [2.05, 4.69) is 60.7 Å². The van der Waals surface area contributed by atoms with E-state index in [4.69, 9.17) is 18.8 Å². The van der Waals surface area contributed by atoms with E-state index >= 15 is 0 Å². The number of rotatable bonds is 6. The van der Waals surface area contributed by atoms with Crippen molar-refractivity contribution in [1.29, 1.82) is 0 Å². The highest BCUT2D eigenvalue weighted by Crippen LogP contribution is 2.37. The maximum Gasteiger partial charge on any atom is 0.227 e. The predicted octanol–water partition coefficient (Wildman–Crippen LogP) is 10.8. The average Bonchev–Trinajstić information content (AvgIpc) is 3.72. The Balaban J connectivity index is 1.03. The van der Waals surface area contributed by atoms with Crippen molar-refractivity contribution in [3.8, 4) is 45.2 Å². The van der Waals surface area contributed by atoms with Gasteiger partial charge >= 0.3 is 0 Å². The Labute approximate surface area is 252 Å². The van der Waals surface area contributed by atoms with Gasteiger partial charge in [0.2, 0.25) is 11.8 Å². The lowest BCUT2D eigenvalue weighted by atomic mass is 10.0. The van der Waals surface area contributed by atoms with Gasteiger partial charge in [-0.1, -0.05) is 96.7 Å². The van der Waals surface area contributed by atoms with Crippen LogP contribution in [-0.2, 0) is 0 Å². The molecule has 8 aromatic rings. The number of aromatic nitrogens is 2. The maximum absolute atomic E-state index is 6.24. The summed E-state index contributed by atoms with van der Waals surface area (Å²) in [4.78, 5) is 11.8. The lowest BCUT2D eigenvalue weighted by molar-refractivity contribution is 0.620. The van der Waals surface area contributed by atoms with Crippen molar-refractivity contribution < 1.29 is 8.83 Å². The number of para-hydroxylation sites is 2. The first-order valence-corrected chi connectivity index (χ1v) is 14.9. The van der Waals surface area contributed by atoms with Crippen molar-refractivity contribution in [2.45, 2.75) is 9.79 Å². The smallest absolute Gasteiger partial charge is 0.227 e. The van der Waals surface area contributed by atoms with Crippen LogP contribution in [0.5, 0.6) is 0 Å². The third kappa shape index (κ3) is 4.90. The van der Waals surface area contributed by atoms with Gasteiger partial charge in [-0.25, -0.2) is 9.97 Å². The predicted molar refractivity (Wildman–Crippen MR) is 174 cm³/mol. The van der Waals surface area contributed by atoms with E-state index in [0.717, 1.165) is 65.4 Å². The van der Waals surface area contributed by atoms with E-state index in [1.165, 1.54) is 0 Å². The van der Waals surface area contributed by atoms with Gasteiger partial charge in [-0.05, 0) is 71.8 Å². The Morgan fingerprint density at radius 1 is 0.372 bits per heavy atom. The molecule has 0 fully saturated rings. The second-order valence-electron chi connectivity index (χ2n) is 10.2. The number of hydrogen-bond donors (Lipinski definition) is 0. The van der Waals surface area contributed by atoms with Crippen LogP contribution in [0.2, 0.25) is 0 Å². The minimum absolute atomic E-state index is 0.634. The zero-order valence-corrected chi connectivity index (χ0v) is 23.8. The van der Waals surface area contributed by atoms with Crippen molar-refractivity contribution in [1.82, 2.24) is 9.97 Å². The first-order chi connectivity index (χ1) is 21.3. The minimum atomic E-state index is 0.634. The van der Waals surface area contributed by atoms with E-state index < -0.39 is 0 Å². The molecule has 43 heavy (non-hydrogen) atoms. The molecule has 0 saturated heterocycles. The van der Waals surface area contributed by atoms with Crippen molar-refractivity contribution in [2.75, 3.05) is 0 Å². The normalized spacial score (nSPS) is 11.3. The molecular weight excluding hydrogens is 548 g/mol. The molecule has 204 valence electrons. The van der Waals surface area contributed by atoms with Crippen molar-refractivity contribution in [2.24, 2.45) is 0 Å². The second kappa shape index (κ2) is 10.8. The molecule has 0 unspecified atom stereocenters. The Bertz CT molecular complexity index is 2030. The maximum atomic E-state index is 6.24. The van der Waals surface area contributed by atoms with Crippen LogP contribution < -0.4 is 0 Å². The summed E-state index contributed by atoms with van der Waals surface area (Å²) in [7, 11) is 0. The molecule has 4 nitrogen and oxygen atoms in total. The van der Waals surface area contributed by atoms with Gasteiger partial charge in [-0.15, -0.1) is 0 Å². The molecule has 0 N–H and O–H groups in total. The van der Waals surface area contributed by atoms with E-state index in [1.54, 1.807) is 11.8 Å². The SMILES string of the molecule is c1ccc(-c2nc3cccc(-c4ccc(Sc5ccc(-c6cccc7nc(-c8ccccc8)oc67)cc5)cc4)c3o2)cc1. The second-order valence-corrected chi connectivity index (χ2v) is 11.4. The van der Waals surface area contributed by atoms with Crippen molar-refractivity contribution in [3.63, 3.8) is 0 Å². The number of hydrogen-bond acceptors (Lipinski definition) is 5. The van der Waals surface area contributed by atoms with E-state index in [-0.39, 0.29) is 0 Å². The number of nitrogens with zero attached hydrogens (tertiary/aromatic N) is 2. The molecule has 0 bridgehead atoms. The quantitative estimate of drug-likeness (QED) is 0.198. The zero-order chi connectivity index (χ0) is 28.6.